The summed E-state index contributed by atoms with van der Waals surface area (Å²) < 4.78 is 38.2. The predicted octanol–water partition coefficient (Wildman–Crippen LogP) is 3.38. The number of halogens is 3. The van der Waals surface area contributed by atoms with Crippen molar-refractivity contribution < 1.29 is 18.0 Å². The van der Waals surface area contributed by atoms with E-state index < -0.39 is 18.1 Å². The molecule has 0 aliphatic carbocycles. The van der Waals surface area contributed by atoms with Gasteiger partial charge in [-0.2, -0.15) is 13.2 Å². The molecule has 2 unspecified atom stereocenters. The number of rotatable bonds is 6. The number of aliphatic imine (C=N–C) groups is 1. The molecule has 2 heterocycles. The zero-order chi connectivity index (χ0) is 24.1. The molecular formula is C24H30F3N5O. The van der Waals surface area contributed by atoms with Gasteiger partial charge in [0, 0.05) is 49.9 Å². The Labute approximate surface area is 192 Å². The summed E-state index contributed by atoms with van der Waals surface area (Å²) in [7, 11) is 1.68. The number of alkyl halides is 3. The number of allylic oxidation sites excluding steroid dienone is 2. The van der Waals surface area contributed by atoms with Crippen molar-refractivity contribution in [3.05, 3.63) is 65.5 Å². The lowest BCUT2D eigenvalue weighted by molar-refractivity contribution is -0.147. The molecule has 6 nitrogen and oxygen atoms in total. The summed E-state index contributed by atoms with van der Waals surface area (Å²) in [4.78, 5) is 18.1. The number of nitrogens with one attached hydrogen (secondary N) is 2. The second-order valence-corrected chi connectivity index (χ2v) is 8.66. The number of hydrogen-bond acceptors (Lipinski definition) is 5. The van der Waals surface area contributed by atoms with Gasteiger partial charge in [0.2, 0.25) is 5.91 Å². The van der Waals surface area contributed by atoms with E-state index in [1.807, 2.05) is 31.3 Å². The van der Waals surface area contributed by atoms with E-state index in [0.29, 0.717) is 25.2 Å². The van der Waals surface area contributed by atoms with Crippen LogP contribution in [0.3, 0.4) is 0 Å². The van der Waals surface area contributed by atoms with Crippen LogP contribution < -0.4 is 16.4 Å². The minimum atomic E-state index is -4.23. The standard InChI is InChI=1S/C24H30F3N5O/c1-23(15-30-9-6-21(23)19(12-28)13-29-2)8-5-22(33)31-20-4-3-17-7-10-32(14-18(17)11-20)16-24(25,26)27/h3-6,8-9,11-13,21,30H,7,10,14-16,28H2,1-2H3,(H,31,33)/b8-5+,19-12?,29-13?. The zero-order valence-corrected chi connectivity index (χ0v) is 18.8. The number of nitrogens with zero attached hydrogens (tertiary/aromatic N) is 2. The molecular weight excluding hydrogens is 431 g/mol. The average Bonchev–Trinajstić information content (AvgIpc) is 2.75. The van der Waals surface area contributed by atoms with E-state index in [1.54, 1.807) is 25.4 Å². The van der Waals surface area contributed by atoms with Crippen molar-refractivity contribution in [2.24, 2.45) is 22.1 Å². The zero-order valence-electron chi connectivity index (χ0n) is 18.8. The topological polar surface area (TPSA) is 82.7 Å². The summed E-state index contributed by atoms with van der Waals surface area (Å²) in [5, 5.41) is 6.02. The van der Waals surface area contributed by atoms with Crippen molar-refractivity contribution in [1.82, 2.24) is 10.2 Å². The monoisotopic (exact) mass is 461 g/mol. The molecule has 0 bridgehead atoms. The van der Waals surface area contributed by atoms with Crippen LogP contribution in [0.25, 0.3) is 0 Å². The summed E-state index contributed by atoms with van der Waals surface area (Å²) in [6, 6.07) is 5.41. The molecule has 1 aromatic rings. The molecule has 0 saturated heterocycles. The second-order valence-electron chi connectivity index (χ2n) is 8.66. The van der Waals surface area contributed by atoms with Gasteiger partial charge >= 0.3 is 6.18 Å². The van der Waals surface area contributed by atoms with Crippen LogP contribution in [0.4, 0.5) is 18.9 Å². The number of carbonyl (C=O) groups is 1. The van der Waals surface area contributed by atoms with E-state index >= 15 is 0 Å². The number of amides is 1. The van der Waals surface area contributed by atoms with Crippen LogP contribution in [-0.4, -0.2) is 49.9 Å². The number of benzene rings is 1. The van der Waals surface area contributed by atoms with Crippen LogP contribution in [0.2, 0.25) is 0 Å². The first-order chi connectivity index (χ1) is 15.6. The van der Waals surface area contributed by atoms with Crippen molar-refractivity contribution in [3.63, 3.8) is 0 Å². The Morgan fingerprint density at radius 3 is 2.88 bits per heavy atom. The second kappa shape index (κ2) is 10.2. The van der Waals surface area contributed by atoms with Crippen LogP contribution in [0, 0.1) is 11.3 Å². The highest BCUT2D eigenvalue weighted by Gasteiger charge is 2.34. The predicted molar refractivity (Wildman–Crippen MR) is 125 cm³/mol. The Morgan fingerprint density at radius 2 is 2.18 bits per heavy atom. The lowest BCUT2D eigenvalue weighted by Gasteiger charge is -2.37. The SMILES string of the molecule is CN=CC(=CN)C1C=CNCC1(C)/C=C/C(=O)Nc1ccc2c(c1)CN(CC(F)(F)F)CC2. The highest BCUT2D eigenvalue weighted by Crippen LogP contribution is 2.36. The molecule has 178 valence electrons. The quantitative estimate of drug-likeness (QED) is 0.448. The van der Waals surface area contributed by atoms with Crippen LogP contribution in [0.1, 0.15) is 18.1 Å². The highest BCUT2D eigenvalue weighted by molar-refractivity contribution is 5.99. The molecule has 2 aliphatic heterocycles. The van der Waals surface area contributed by atoms with E-state index in [2.05, 4.69) is 15.6 Å². The number of hydrogen-bond donors (Lipinski definition) is 3. The van der Waals surface area contributed by atoms with Crippen LogP contribution in [0.5, 0.6) is 0 Å². The molecule has 0 radical (unpaired) electrons. The minimum Gasteiger partial charge on any atom is -0.404 e. The van der Waals surface area contributed by atoms with Crippen LogP contribution in [-0.2, 0) is 17.8 Å². The van der Waals surface area contributed by atoms with Crippen LogP contribution in [0.15, 0.2) is 59.4 Å². The van der Waals surface area contributed by atoms with E-state index in [-0.39, 0.29) is 18.4 Å². The van der Waals surface area contributed by atoms with Crippen molar-refractivity contribution in [2.45, 2.75) is 26.1 Å². The maximum absolute atomic E-state index is 12.7. The molecule has 0 fully saturated rings. The smallest absolute Gasteiger partial charge is 0.401 e. The first-order valence-electron chi connectivity index (χ1n) is 10.8. The maximum atomic E-state index is 12.7. The molecule has 0 aromatic heterocycles. The van der Waals surface area contributed by atoms with Gasteiger partial charge in [0.05, 0.1) is 6.54 Å². The van der Waals surface area contributed by atoms with Crippen molar-refractivity contribution in [3.8, 4) is 0 Å². The highest BCUT2D eigenvalue weighted by atomic mass is 19.4. The van der Waals surface area contributed by atoms with Gasteiger partial charge in [0.15, 0.2) is 0 Å². The van der Waals surface area contributed by atoms with Gasteiger partial charge in [-0.15, -0.1) is 0 Å². The molecule has 9 heteroatoms. The molecule has 4 N–H and O–H groups in total. The molecule has 1 aromatic carbocycles. The summed E-state index contributed by atoms with van der Waals surface area (Å²) in [5.41, 5.74) is 8.60. The molecule has 3 rings (SSSR count). The van der Waals surface area contributed by atoms with Gasteiger partial charge in [0.25, 0.3) is 0 Å². The third kappa shape index (κ3) is 6.47. The Bertz CT molecular complexity index is 983. The Kier molecular flexibility index (Phi) is 7.63. The molecule has 0 saturated carbocycles. The normalized spacial score (nSPS) is 24.2. The summed E-state index contributed by atoms with van der Waals surface area (Å²) in [6.07, 6.45) is 6.74. The van der Waals surface area contributed by atoms with Crippen molar-refractivity contribution in [1.29, 1.82) is 0 Å². The summed E-state index contributed by atoms with van der Waals surface area (Å²) in [6.45, 7) is 2.28. The van der Waals surface area contributed by atoms with Crippen molar-refractivity contribution in [2.75, 3.05) is 32.0 Å². The first-order valence-corrected chi connectivity index (χ1v) is 10.8. The van der Waals surface area contributed by atoms with E-state index in [0.717, 1.165) is 16.7 Å². The lowest BCUT2D eigenvalue weighted by atomic mass is 9.71. The van der Waals surface area contributed by atoms with Gasteiger partial charge in [-0.1, -0.05) is 25.1 Å². The minimum absolute atomic E-state index is 0.0557. The van der Waals surface area contributed by atoms with Gasteiger partial charge < -0.3 is 16.4 Å². The molecule has 2 atom stereocenters. The largest absolute Gasteiger partial charge is 0.404 e. The van der Waals surface area contributed by atoms with Gasteiger partial charge in [-0.05, 0) is 53.7 Å². The van der Waals surface area contributed by atoms with Crippen molar-refractivity contribution >= 4 is 17.8 Å². The molecule has 1 amide bonds. The maximum Gasteiger partial charge on any atom is 0.401 e. The van der Waals surface area contributed by atoms with Gasteiger partial charge in [-0.25, -0.2) is 0 Å². The molecule has 33 heavy (non-hydrogen) atoms. The number of nitrogens with two attached hydrogens (primary N) is 1. The summed E-state index contributed by atoms with van der Waals surface area (Å²) >= 11 is 0. The fourth-order valence-electron chi connectivity index (χ4n) is 4.34. The fourth-order valence-corrected chi connectivity index (χ4v) is 4.34. The fraction of sp³-hybridized carbons (Fsp3) is 0.417. The van der Waals surface area contributed by atoms with Crippen LogP contribution >= 0.6 is 0 Å². The number of fused-ring (bicyclic) bond motifs is 1. The van der Waals surface area contributed by atoms with Gasteiger partial charge in [-0.3, -0.25) is 14.7 Å². The molecule has 2 aliphatic rings. The van der Waals surface area contributed by atoms with E-state index in [4.69, 9.17) is 5.73 Å². The molecule has 0 spiro atoms. The first kappa shape index (κ1) is 24.6. The average molecular weight is 462 g/mol. The van der Waals surface area contributed by atoms with E-state index in [1.165, 1.54) is 17.2 Å². The Hall–Kier alpha value is -3.07. The van der Waals surface area contributed by atoms with E-state index in [9.17, 15) is 18.0 Å². The van der Waals surface area contributed by atoms with Gasteiger partial charge in [0.1, 0.15) is 0 Å². The number of carbonyl (C=O) groups excluding carboxylic acids is 1. The third-order valence-electron chi connectivity index (χ3n) is 6.01. The Morgan fingerprint density at radius 1 is 1.39 bits per heavy atom. The summed E-state index contributed by atoms with van der Waals surface area (Å²) in [5.74, 6) is -0.366. The number of anilines is 1. The Balaban J connectivity index is 1.69. The lowest BCUT2D eigenvalue weighted by Crippen LogP contribution is -2.39. The third-order valence-corrected chi connectivity index (χ3v) is 6.01.